The van der Waals surface area contributed by atoms with E-state index in [0.717, 1.165) is 4.57 Å². The van der Waals surface area contributed by atoms with E-state index < -0.39 is 5.69 Å². The number of fused-ring (bicyclic) bond motifs is 1. The minimum absolute atomic E-state index is 0.0554. The van der Waals surface area contributed by atoms with Crippen molar-refractivity contribution in [2.75, 3.05) is 31.1 Å². The molecule has 3 heterocycles. The van der Waals surface area contributed by atoms with Gasteiger partial charge in [-0.1, -0.05) is 12.1 Å². The highest BCUT2D eigenvalue weighted by atomic mass is 16.2. The number of carbonyl (C=O) groups is 1. The third-order valence-corrected chi connectivity index (χ3v) is 4.91. The van der Waals surface area contributed by atoms with Crippen molar-refractivity contribution in [2.45, 2.75) is 13.0 Å². The fraction of sp³-hybridized carbons (Fsp3) is 0.316. The van der Waals surface area contributed by atoms with Crippen LogP contribution in [0.25, 0.3) is 10.9 Å². The number of hydrogen-bond acceptors (Lipinski definition) is 6. The predicted molar refractivity (Wildman–Crippen MR) is 104 cm³/mol. The van der Waals surface area contributed by atoms with E-state index >= 15 is 0 Å². The molecule has 0 aliphatic carbocycles. The first-order valence-electron chi connectivity index (χ1n) is 9.15. The van der Waals surface area contributed by atoms with Crippen LogP contribution in [0, 0.1) is 0 Å². The summed E-state index contributed by atoms with van der Waals surface area (Å²) in [5.74, 6) is 0.580. The topological polar surface area (TPSA) is 104 Å². The molecule has 3 aromatic rings. The van der Waals surface area contributed by atoms with Crippen molar-refractivity contribution in [3.05, 3.63) is 63.6 Å². The van der Waals surface area contributed by atoms with Gasteiger partial charge in [-0.2, -0.15) is 0 Å². The number of carbonyl (C=O) groups excluding carboxylic acids is 1. The van der Waals surface area contributed by atoms with Crippen molar-refractivity contribution >= 4 is 22.8 Å². The lowest BCUT2D eigenvalue weighted by atomic mass is 10.2. The van der Waals surface area contributed by atoms with Crippen molar-refractivity contribution in [3.8, 4) is 0 Å². The molecule has 1 aliphatic rings. The Balaban J connectivity index is 1.40. The van der Waals surface area contributed by atoms with Crippen molar-refractivity contribution in [1.29, 1.82) is 0 Å². The van der Waals surface area contributed by atoms with Gasteiger partial charge >= 0.3 is 5.69 Å². The summed E-state index contributed by atoms with van der Waals surface area (Å²) in [6.07, 6.45) is 3.49. The largest absolute Gasteiger partial charge is 0.339 e. The molecule has 1 fully saturated rings. The number of piperazine rings is 1. The van der Waals surface area contributed by atoms with Crippen molar-refractivity contribution in [3.63, 3.8) is 0 Å². The summed E-state index contributed by atoms with van der Waals surface area (Å²) in [7, 11) is 0. The summed E-state index contributed by atoms with van der Waals surface area (Å²) < 4.78 is 1.09. The molecule has 144 valence electrons. The molecular weight excluding hydrogens is 360 g/mol. The van der Waals surface area contributed by atoms with Crippen molar-refractivity contribution in [1.82, 2.24) is 24.4 Å². The van der Waals surface area contributed by atoms with E-state index in [1.165, 1.54) is 0 Å². The molecule has 9 heteroatoms. The van der Waals surface area contributed by atoms with Crippen LogP contribution in [0.4, 0.5) is 5.95 Å². The number of aromatic nitrogens is 4. The van der Waals surface area contributed by atoms with Gasteiger partial charge in [-0.25, -0.2) is 14.8 Å². The number of benzene rings is 1. The highest BCUT2D eigenvalue weighted by Crippen LogP contribution is 2.10. The van der Waals surface area contributed by atoms with Crippen LogP contribution in [0.2, 0.25) is 0 Å². The second-order valence-electron chi connectivity index (χ2n) is 6.60. The van der Waals surface area contributed by atoms with Gasteiger partial charge in [0.15, 0.2) is 0 Å². The summed E-state index contributed by atoms with van der Waals surface area (Å²) in [5, 5.41) is 0.436. The Morgan fingerprint density at radius 3 is 2.46 bits per heavy atom. The van der Waals surface area contributed by atoms with Gasteiger partial charge in [-0.3, -0.25) is 14.2 Å². The van der Waals surface area contributed by atoms with Gasteiger partial charge in [-0.05, 0) is 18.2 Å². The fourth-order valence-corrected chi connectivity index (χ4v) is 3.38. The molecule has 1 aliphatic heterocycles. The lowest BCUT2D eigenvalue weighted by molar-refractivity contribution is -0.131. The summed E-state index contributed by atoms with van der Waals surface area (Å²) >= 11 is 0. The molecule has 1 saturated heterocycles. The van der Waals surface area contributed by atoms with Gasteiger partial charge in [0, 0.05) is 51.5 Å². The standard InChI is InChI=1S/C19H20N6O3/c26-16(23-10-12-24(13-11-23)18-20-7-3-8-21-18)6-9-25-17(27)14-4-1-2-5-15(14)22-19(25)28/h1-5,7-8H,6,9-13H2,(H,22,28). The molecule has 0 unspecified atom stereocenters. The number of hydrogen-bond donors (Lipinski definition) is 1. The summed E-state index contributed by atoms with van der Waals surface area (Å²) in [6.45, 7) is 2.46. The van der Waals surface area contributed by atoms with E-state index in [4.69, 9.17) is 0 Å². The highest BCUT2D eigenvalue weighted by molar-refractivity contribution is 5.77. The maximum atomic E-state index is 12.5. The second-order valence-corrected chi connectivity index (χ2v) is 6.60. The zero-order chi connectivity index (χ0) is 19.5. The highest BCUT2D eigenvalue weighted by Gasteiger charge is 2.22. The summed E-state index contributed by atoms with van der Waals surface area (Å²) in [4.78, 5) is 52.2. The molecule has 1 amide bonds. The van der Waals surface area contributed by atoms with E-state index in [0.29, 0.717) is 43.0 Å². The Hall–Kier alpha value is -3.49. The van der Waals surface area contributed by atoms with Crippen LogP contribution >= 0.6 is 0 Å². The third-order valence-electron chi connectivity index (χ3n) is 4.91. The van der Waals surface area contributed by atoms with Crippen LogP contribution in [-0.4, -0.2) is 56.5 Å². The molecule has 0 spiro atoms. The Morgan fingerprint density at radius 1 is 1.00 bits per heavy atom. The zero-order valence-electron chi connectivity index (χ0n) is 15.2. The predicted octanol–water partition coefficient (Wildman–Crippen LogP) is 0.219. The first-order chi connectivity index (χ1) is 13.6. The van der Waals surface area contributed by atoms with Crippen LogP contribution in [0.3, 0.4) is 0 Å². The molecule has 28 heavy (non-hydrogen) atoms. The van der Waals surface area contributed by atoms with Crippen LogP contribution in [-0.2, 0) is 11.3 Å². The zero-order valence-corrected chi connectivity index (χ0v) is 15.2. The van der Waals surface area contributed by atoms with Crippen molar-refractivity contribution < 1.29 is 4.79 Å². The monoisotopic (exact) mass is 380 g/mol. The minimum atomic E-state index is -0.498. The number of anilines is 1. The Kier molecular flexibility index (Phi) is 4.88. The average Bonchev–Trinajstić information content (AvgIpc) is 2.74. The lowest BCUT2D eigenvalue weighted by Gasteiger charge is -2.34. The number of nitrogens with zero attached hydrogens (tertiary/aromatic N) is 5. The number of aromatic amines is 1. The van der Waals surface area contributed by atoms with Gasteiger partial charge in [0.2, 0.25) is 11.9 Å². The number of rotatable bonds is 4. The van der Waals surface area contributed by atoms with E-state index in [1.807, 2.05) is 4.90 Å². The normalized spacial score (nSPS) is 14.4. The van der Waals surface area contributed by atoms with Crippen LogP contribution in [0.1, 0.15) is 6.42 Å². The maximum absolute atomic E-state index is 12.5. The van der Waals surface area contributed by atoms with Gasteiger partial charge in [0.05, 0.1) is 10.9 Å². The van der Waals surface area contributed by atoms with Gasteiger partial charge in [-0.15, -0.1) is 0 Å². The second kappa shape index (κ2) is 7.63. The minimum Gasteiger partial charge on any atom is -0.339 e. The molecule has 4 rings (SSSR count). The van der Waals surface area contributed by atoms with E-state index in [1.54, 1.807) is 47.6 Å². The fourth-order valence-electron chi connectivity index (χ4n) is 3.38. The summed E-state index contributed by atoms with van der Waals surface area (Å²) in [6, 6.07) is 8.61. The van der Waals surface area contributed by atoms with E-state index in [9.17, 15) is 14.4 Å². The third kappa shape index (κ3) is 3.51. The smallest absolute Gasteiger partial charge is 0.328 e. The first kappa shape index (κ1) is 17.9. The average molecular weight is 380 g/mol. The molecule has 0 atom stereocenters. The Labute approximate surface area is 160 Å². The van der Waals surface area contributed by atoms with Gasteiger partial charge in [0.1, 0.15) is 0 Å². The molecule has 1 aromatic carbocycles. The molecular formula is C19H20N6O3. The first-order valence-corrected chi connectivity index (χ1v) is 9.15. The van der Waals surface area contributed by atoms with Gasteiger partial charge in [0.25, 0.3) is 5.56 Å². The quantitative estimate of drug-likeness (QED) is 0.694. The number of amides is 1. The van der Waals surface area contributed by atoms with E-state index in [2.05, 4.69) is 15.0 Å². The Morgan fingerprint density at radius 2 is 1.71 bits per heavy atom. The summed E-state index contributed by atoms with van der Waals surface area (Å²) in [5.41, 5.74) is -0.375. The molecule has 0 radical (unpaired) electrons. The molecule has 1 N–H and O–H groups in total. The Bertz CT molecular complexity index is 1100. The SMILES string of the molecule is O=C(CCn1c(=O)[nH]c2ccccc2c1=O)N1CCN(c2ncccn2)CC1. The maximum Gasteiger partial charge on any atom is 0.328 e. The molecule has 0 saturated carbocycles. The number of H-pyrrole nitrogens is 1. The van der Waals surface area contributed by atoms with Crippen LogP contribution in [0.15, 0.2) is 52.3 Å². The van der Waals surface area contributed by atoms with Gasteiger partial charge < -0.3 is 14.8 Å². The number of para-hydroxylation sites is 1. The van der Waals surface area contributed by atoms with Crippen molar-refractivity contribution in [2.24, 2.45) is 0 Å². The van der Waals surface area contributed by atoms with E-state index in [-0.39, 0.29) is 24.4 Å². The molecule has 2 aromatic heterocycles. The van der Waals surface area contributed by atoms with Crippen LogP contribution < -0.4 is 16.1 Å². The molecule has 0 bridgehead atoms. The number of nitrogens with one attached hydrogen (secondary N) is 1. The lowest BCUT2D eigenvalue weighted by Crippen LogP contribution is -2.49. The van der Waals surface area contributed by atoms with Crippen LogP contribution in [0.5, 0.6) is 0 Å². The molecule has 9 nitrogen and oxygen atoms in total.